The Balaban J connectivity index is 2.54. The van der Waals surface area contributed by atoms with Crippen molar-refractivity contribution in [1.82, 2.24) is 0 Å². The maximum Gasteiger partial charge on any atom is 0.200 e. The van der Waals surface area contributed by atoms with Gasteiger partial charge in [0.2, 0.25) is 9.84 Å². The Morgan fingerprint density at radius 3 is 2.59 bits per heavy atom. The van der Waals surface area contributed by atoms with E-state index in [9.17, 15) is 13.5 Å². The maximum absolute atomic E-state index is 11.9. The van der Waals surface area contributed by atoms with Crippen molar-refractivity contribution in [3.05, 3.63) is 33.6 Å². The first-order chi connectivity index (χ1) is 7.69. The Hall–Kier alpha value is -0.650. The Morgan fingerprint density at radius 2 is 2.00 bits per heavy atom. The molecule has 1 aromatic carbocycles. The molecule has 2 rings (SSSR count). The Morgan fingerprint density at radius 1 is 1.35 bits per heavy atom. The van der Waals surface area contributed by atoms with Crippen molar-refractivity contribution >= 4 is 31.3 Å². The summed E-state index contributed by atoms with van der Waals surface area (Å²) in [6.45, 7) is 3.33. The van der Waals surface area contributed by atoms with Crippen molar-refractivity contribution in [2.24, 2.45) is 0 Å². The van der Waals surface area contributed by atoms with Gasteiger partial charge in [-0.3, -0.25) is 0 Å². The molecule has 0 fully saturated rings. The molecule has 0 saturated heterocycles. The van der Waals surface area contributed by atoms with Crippen LogP contribution in [0.3, 0.4) is 0 Å². The zero-order valence-electron chi connectivity index (χ0n) is 9.57. The Labute approximate surface area is 109 Å². The molecule has 0 radical (unpaired) electrons. The molecule has 0 atom stereocenters. The minimum absolute atomic E-state index is 0.311. The molecule has 0 saturated carbocycles. The van der Waals surface area contributed by atoms with Gasteiger partial charge >= 0.3 is 0 Å². The van der Waals surface area contributed by atoms with Crippen molar-refractivity contribution in [2.45, 2.75) is 30.8 Å². The first kappa shape index (κ1) is 12.8. The second-order valence-corrected chi connectivity index (χ2v) is 7.50. The Kier molecular flexibility index (Phi) is 2.96. The highest BCUT2D eigenvalue weighted by molar-refractivity contribution is 9.10. The minimum atomic E-state index is -3.35. The van der Waals surface area contributed by atoms with E-state index in [2.05, 4.69) is 15.9 Å². The largest absolute Gasteiger partial charge is 0.390 e. The summed E-state index contributed by atoms with van der Waals surface area (Å²) in [4.78, 5) is 0.311. The van der Waals surface area contributed by atoms with Crippen molar-refractivity contribution in [3.8, 4) is 0 Å². The number of aliphatic hydroxyl groups is 1. The molecule has 1 aliphatic rings. The highest BCUT2D eigenvalue weighted by Crippen LogP contribution is 2.38. The van der Waals surface area contributed by atoms with Gasteiger partial charge in [-0.25, -0.2) is 8.42 Å². The average molecular weight is 317 g/mol. The molecule has 17 heavy (non-hydrogen) atoms. The molecule has 0 spiro atoms. The van der Waals surface area contributed by atoms with Crippen molar-refractivity contribution in [2.75, 3.05) is 0 Å². The quantitative estimate of drug-likeness (QED) is 0.912. The van der Waals surface area contributed by atoms with Gasteiger partial charge in [0.1, 0.15) is 0 Å². The lowest BCUT2D eigenvalue weighted by Gasteiger charge is -2.17. The fourth-order valence-electron chi connectivity index (χ4n) is 1.91. The fourth-order valence-corrected chi connectivity index (χ4v) is 3.94. The minimum Gasteiger partial charge on any atom is -0.390 e. The van der Waals surface area contributed by atoms with E-state index in [0.29, 0.717) is 22.5 Å². The normalized spacial score (nSPS) is 17.8. The molecule has 1 heterocycles. The van der Waals surface area contributed by atoms with Crippen LogP contribution in [0.2, 0.25) is 0 Å². The maximum atomic E-state index is 11.9. The average Bonchev–Trinajstić information content (AvgIpc) is 2.35. The van der Waals surface area contributed by atoms with E-state index in [0.717, 1.165) is 4.47 Å². The lowest BCUT2D eigenvalue weighted by atomic mass is 9.95. The number of rotatable bonds is 2. The standard InChI is InChI=1S/C12H13BrO3S/c1-12(2,14)6-8-7-17(15,16)11-5-9(13)3-4-10(8)11/h3-5,7,14H,6H2,1-2H3. The van der Waals surface area contributed by atoms with E-state index in [-0.39, 0.29) is 0 Å². The van der Waals surface area contributed by atoms with Crippen molar-refractivity contribution < 1.29 is 13.5 Å². The van der Waals surface area contributed by atoms with Crippen LogP contribution in [0.1, 0.15) is 25.8 Å². The van der Waals surface area contributed by atoms with Crippen LogP contribution >= 0.6 is 15.9 Å². The molecule has 1 aromatic rings. The van der Waals surface area contributed by atoms with Crippen LogP contribution in [0.4, 0.5) is 0 Å². The second kappa shape index (κ2) is 3.93. The van der Waals surface area contributed by atoms with E-state index in [1.165, 1.54) is 5.41 Å². The number of halogens is 1. The van der Waals surface area contributed by atoms with E-state index in [1.807, 2.05) is 0 Å². The summed E-state index contributed by atoms with van der Waals surface area (Å²) < 4.78 is 24.6. The summed E-state index contributed by atoms with van der Waals surface area (Å²) in [5.74, 6) is 0. The summed E-state index contributed by atoms with van der Waals surface area (Å²) in [5.41, 5.74) is 0.436. The molecule has 0 aliphatic carbocycles. The highest BCUT2D eigenvalue weighted by atomic mass is 79.9. The smallest absolute Gasteiger partial charge is 0.200 e. The van der Waals surface area contributed by atoms with E-state index in [1.54, 1.807) is 32.0 Å². The molecular weight excluding hydrogens is 304 g/mol. The van der Waals surface area contributed by atoms with Gasteiger partial charge in [-0.05, 0) is 37.1 Å². The first-order valence-electron chi connectivity index (χ1n) is 5.17. The lowest BCUT2D eigenvalue weighted by molar-refractivity contribution is 0.0864. The van der Waals surface area contributed by atoms with Gasteiger partial charge in [0, 0.05) is 16.3 Å². The van der Waals surface area contributed by atoms with Crippen LogP contribution in [-0.2, 0) is 9.84 Å². The Bertz CT molecular complexity index is 595. The van der Waals surface area contributed by atoms with Crippen LogP contribution in [-0.4, -0.2) is 19.1 Å². The van der Waals surface area contributed by atoms with Gasteiger partial charge in [0.05, 0.1) is 10.5 Å². The monoisotopic (exact) mass is 316 g/mol. The van der Waals surface area contributed by atoms with E-state index >= 15 is 0 Å². The van der Waals surface area contributed by atoms with Crippen molar-refractivity contribution in [1.29, 1.82) is 0 Å². The second-order valence-electron chi connectivity index (χ2n) is 4.82. The lowest BCUT2D eigenvalue weighted by Crippen LogP contribution is -2.18. The fraction of sp³-hybridized carbons (Fsp3) is 0.333. The molecule has 1 N–H and O–H groups in total. The molecule has 0 amide bonds. The molecule has 0 aromatic heterocycles. The van der Waals surface area contributed by atoms with Crippen LogP contribution in [0.25, 0.3) is 5.57 Å². The summed E-state index contributed by atoms with van der Waals surface area (Å²) in [5, 5.41) is 11.0. The molecular formula is C12H13BrO3S. The highest BCUT2D eigenvalue weighted by Gasteiger charge is 2.29. The molecule has 1 aliphatic heterocycles. The topological polar surface area (TPSA) is 54.4 Å². The third-order valence-corrected chi connectivity index (χ3v) is 4.56. The molecule has 0 bridgehead atoms. The van der Waals surface area contributed by atoms with E-state index < -0.39 is 15.4 Å². The van der Waals surface area contributed by atoms with Gasteiger partial charge in [-0.2, -0.15) is 0 Å². The summed E-state index contributed by atoms with van der Waals surface area (Å²) >= 11 is 3.26. The van der Waals surface area contributed by atoms with E-state index in [4.69, 9.17) is 0 Å². The molecule has 0 unspecified atom stereocenters. The SMILES string of the molecule is CC(C)(O)CC1=CS(=O)(=O)c2cc(Br)ccc21. The van der Waals surface area contributed by atoms with Gasteiger partial charge in [-0.15, -0.1) is 0 Å². The van der Waals surface area contributed by atoms with Gasteiger partial charge < -0.3 is 5.11 Å². The number of fused-ring (bicyclic) bond motifs is 1. The number of sulfone groups is 1. The van der Waals surface area contributed by atoms with Gasteiger partial charge in [0.15, 0.2) is 0 Å². The third kappa shape index (κ3) is 2.61. The zero-order chi connectivity index (χ0) is 12.8. The molecule has 5 heteroatoms. The van der Waals surface area contributed by atoms with Crippen LogP contribution < -0.4 is 0 Å². The summed E-state index contributed by atoms with van der Waals surface area (Å²) in [6, 6.07) is 5.16. The van der Waals surface area contributed by atoms with Gasteiger partial charge in [-0.1, -0.05) is 22.0 Å². The van der Waals surface area contributed by atoms with Crippen LogP contribution in [0, 0.1) is 0 Å². The molecule has 3 nitrogen and oxygen atoms in total. The number of hydrogen-bond acceptors (Lipinski definition) is 3. The first-order valence-corrected chi connectivity index (χ1v) is 7.51. The third-order valence-electron chi connectivity index (χ3n) is 2.52. The number of hydrogen-bond donors (Lipinski definition) is 1. The predicted octanol–water partition coefficient (Wildman–Crippen LogP) is 2.74. The summed E-state index contributed by atoms with van der Waals surface area (Å²) in [7, 11) is -3.35. The van der Waals surface area contributed by atoms with Gasteiger partial charge in [0.25, 0.3) is 0 Å². The van der Waals surface area contributed by atoms with Crippen LogP contribution in [0.5, 0.6) is 0 Å². The predicted molar refractivity (Wildman–Crippen MR) is 70.2 cm³/mol. The van der Waals surface area contributed by atoms with Crippen molar-refractivity contribution in [3.63, 3.8) is 0 Å². The zero-order valence-corrected chi connectivity index (χ0v) is 12.0. The number of benzene rings is 1. The molecule has 92 valence electrons. The van der Waals surface area contributed by atoms with Crippen LogP contribution in [0.15, 0.2) is 33.0 Å². The summed E-state index contributed by atoms with van der Waals surface area (Å²) in [6.07, 6.45) is 0.320.